The van der Waals surface area contributed by atoms with Crippen molar-refractivity contribution in [3.8, 4) is 0 Å². The Morgan fingerprint density at radius 1 is 1.08 bits per heavy atom. The Morgan fingerprint density at radius 2 is 1.62 bits per heavy atom. The Bertz CT molecular complexity index is 468. The average molecular weight is 344 g/mol. The molecular weight excluding hydrogens is 316 g/mol. The first-order valence-corrected chi connectivity index (χ1v) is 8.05. The molecule has 1 aliphatic heterocycles. The summed E-state index contributed by atoms with van der Waals surface area (Å²) in [7, 11) is 1.53. The Morgan fingerprint density at radius 3 is 2.12 bits per heavy atom. The predicted molar refractivity (Wildman–Crippen MR) is 86.4 cm³/mol. The van der Waals surface area contributed by atoms with E-state index in [0.717, 1.165) is 0 Å². The number of nitrogens with zero attached hydrogens (tertiary/aromatic N) is 2. The van der Waals surface area contributed by atoms with Gasteiger partial charge in [-0.1, -0.05) is 0 Å². The lowest BCUT2D eigenvalue weighted by atomic mass is 10.2. The fraction of sp³-hybridized carbons (Fsp3) is 0.812. The summed E-state index contributed by atoms with van der Waals surface area (Å²) >= 11 is 0. The summed E-state index contributed by atoms with van der Waals surface area (Å²) in [6.45, 7) is 10.1. The van der Waals surface area contributed by atoms with E-state index in [1.165, 1.54) is 18.9 Å². The molecule has 2 atom stereocenters. The molecule has 8 heteroatoms. The first-order valence-electron chi connectivity index (χ1n) is 8.05. The van der Waals surface area contributed by atoms with Crippen molar-refractivity contribution in [2.75, 3.05) is 33.4 Å². The number of hydrogen-bond acceptors (Lipinski definition) is 6. The number of amides is 2. The van der Waals surface area contributed by atoms with Crippen LogP contribution in [0.4, 0.5) is 4.79 Å². The van der Waals surface area contributed by atoms with Gasteiger partial charge in [-0.25, -0.2) is 14.4 Å². The Hall–Kier alpha value is -1.83. The van der Waals surface area contributed by atoms with Gasteiger partial charge in [0.25, 0.3) is 0 Å². The highest BCUT2D eigenvalue weighted by molar-refractivity contribution is 5.85. The van der Waals surface area contributed by atoms with Crippen molar-refractivity contribution in [2.24, 2.45) is 0 Å². The van der Waals surface area contributed by atoms with E-state index in [9.17, 15) is 14.4 Å². The minimum absolute atomic E-state index is 0.271. The fourth-order valence-corrected chi connectivity index (χ4v) is 2.01. The Balaban J connectivity index is 2.56. The highest BCUT2D eigenvalue weighted by Crippen LogP contribution is 2.12. The zero-order valence-electron chi connectivity index (χ0n) is 15.3. The number of urea groups is 1. The van der Waals surface area contributed by atoms with Gasteiger partial charge < -0.3 is 24.0 Å². The number of morpholine rings is 1. The quantitative estimate of drug-likeness (QED) is 0.708. The number of hydrogen-bond donors (Lipinski definition) is 0. The number of carbonyl (C=O) groups is 3. The van der Waals surface area contributed by atoms with Crippen LogP contribution in [-0.4, -0.2) is 78.9 Å². The summed E-state index contributed by atoms with van der Waals surface area (Å²) in [6.07, 6.45) is -1.04. The third-order valence-corrected chi connectivity index (χ3v) is 3.54. The second-order valence-electron chi connectivity index (χ2n) is 6.78. The van der Waals surface area contributed by atoms with Crippen LogP contribution in [0.2, 0.25) is 0 Å². The predicted octanol–water partition coefficient (Wildman–Crippen LogP) is 1.03. The molecule has 1 aliphatic rings. The third kappa shape index (κ3) is 5.99. The van der Waals surface area contributed by atoms with Gasteiger partial charge in [0.2, 0.25) is 0 Å². The zero-order chi connectivity index (χ0) is 18.5. The summed E-state index contributed by atoms with van der Waals surface area (Å²) in [4.78, 5) is 39.3. The van der Waals surface area contributed by atoms with Crippen molar-refractivity contribution < 1.29 is 28.6 Å². The number of esters is 2. The van der Waals surface area contributed by atoms with E-state index in [1.807, 2.05) is 0 Å². The van der Waals surface area contributed by atoms with E-state index in [1.54, 1.807) is 32.6 Å². The standard InChI is InChI=1S/C16H28N2O6/c1-11(17(6)15(21)18-7-9-22-10-8-18)13(19)23-12(2)14(20)24-16(3,4)5/h11-12H,7-10H2,1-6H3. The molecule has 0 aromatic rings. The van der Waals surface area contributed by atoms with Crippen LogP contribution < -0.4 is 0 Å². The zero-order valence-corrected chi connectivity index (χ0v) is 15.3. The summed E-state index contributed by atoms with van der Waals surface area (Å²) in [5.41, 5.74) is -0.660. The maximum Gasteiger partial charge on any atom is 0.347 e. The molecule has 1 fully saturated rings. The molecule has 24 heavy (non-hydrogen) atoms. The number of rotatable bonds is 4. The molecule has 0 spiro atoms. The summed E-state index contributed by atoms with van der Waals surface area (Å²) < 4.78 is 15.5. The van der Waals surface area contributed by atoms with Crippen molar-refractivity contribution in [2.45, 2.75) is 52.4 Å². The van der Waals surface area contributed by atoms with E-state index in [2.05, 4.69) is 0 Å². The molecule has 0 radical (unpaired) electrons. The largest absolute Gasteiger partial charge is 0.457 e. The Kier molecular flexibility index (Phi) is 7.01. The first kappa shape index (κ1) is 20.2. The second-order valence-corrected chi connectivity index (χ2v) is 6.78. The van der Waals surface area contributed by atoms with Crippen molar-refractivity contribution in [3.63, 3.8) is 0 Å². The summed E-state index contributed by atoms with van der Waals surface area (Å²) in [6, 6.07) is -1.09. The monoisotopic (exact) mass is 344 g/mol. The van der Waals surface area contributed by atoms with Crippen molar-refractivity contribution in [1.82, 2.24) is 9.80 Å². The third-order valence-electron chi connectivity index (χ3n) is 3.54. The Labute approximate surface area is 143 Å². The topological polar surface area (TPSA) is 85.4 Å². The van der Waals surface area contributed by atoms with Gasteiger partial charge in [-0.05, 0) is 34.6 Å². The van der Waals surface area contributed by atoms with Gasteiger partial charge in [-0.2, -0.15) is 0 Å². The lowest BCUT2D eigenvalue weighted by Crippen LogP contribution is -2.51. The van der Waals surface area contributed by atoms with Crippen LogP contribution in [0.25, 0.3) is 0 Å². The van der Waals surface area contributed by atoms with Crippen molar-refractivity contribution in [3.05, 3.63) is 0 Å². The van der Waals surface area contributed by atoms with E-state index in [4.69, 9.17) is 14.2 Å². The lowest BCUT2D eigenvalue weighted by Gasteiger charge is -2.33. The summed E-state index contributed by atoms with van der Waals surface area (Å²) in [5.74, 6) is -1.28. The molecule has 0 bridgehead atoms. The van der Waals surface area contributed by atoms with Gasteiger partial charge in [0.15, 0.2) is 6.10 Å². The molecule has 0 aromatic carbocycles. The second kappa shape index (κ2) is 8.32. The molecule has 1 rings (SSSR count). The van der Waals surface area contributed by atoms with E-state index >= 15 is 0 Å². The van der Waals surface area contributed by atoms with Crippen LogP contribution in [0.15, 0.2) is 0 Å². The van der Waals surface area contributed by atoms with Gasteiger partial charge in [0.1, 0.15) is 11.6 Å². The molecule has 0 N–H and O–H groups in total. The minimum Gasteiger partial charge on any atom is -0.457 e. The van der Waals surface area contributed by atoms with E-state index in [-0.39, 0.29) is 6.03 Å². The molecule has 0 aromatic heterocycles. The van der Waals surface area contributed by atoms with Crippen LogP contribution in [0.1, 0.15) is 34.6 Å². The molecule has 8 nitrogen and oxygen atoms in total. The molecule has 2 unspecified atom stereocenters. The highest BCUT2D eigenvalue weighted by Gasteiger charge is 2.31. The molecule has 0 saturated carbocycles. The van der Waals surface area contributed by atoms with Gasteiger partial charge >= 0.3 is 18.0 Å². The van der Waals surface area contributed by atoms with Gasteiger partial charge in [-0.3, -0.25) is 0 Å². The van der Waals surface area contributed by atoms with E-state index in [0.29, 0.717) is 26.3 Å². The number of likely N-dealkylation sites (N-methyl/N-ethyl adjacent to an activating group) is 1. The maximum absolute atomic E-state index is 12.3. The summed E-state index contributed by atoms with van der Waals surface area (Å²) in [5, 5.41) is 0. The highest BCUT2D eigenvalue weighted by atomic mass is 16.6. The fourth-order valence-electron chi connectivity index (χ4n) is 2.01. The normalized spacial score (nSPS) is 17.7. The number of carbonyl (C=O) groups excluding carboxylic acids is 3. The molecule has 2 amide bonds. The molecule has 1 saturated heterocycles. The van der Waals surface area contributed by atoms with Crippen LogP contribution in [0, 0.1) is 0 Å². The van der Waals surface area contributed by atoms with Gasteiger partial charge in [-0.15, -0.1) is 0 Å². The first-order chi connectivity index (χ1) is 11.0. The van der Waals surface area contributed by atoms with Crippen molar-refractivity contribution >= 4 is 18.0 Å². The minimum atomic E-state index is -1.04. The van der Waals surface area contributed by atoms with Crippen molar-refractivity contribution in [1.29, 1.82) is 0 Å². The molecular formula is C16H28N2O6. The SMILES string of the molecule is CC(OC(=O)C(C)N(C)C(=O)N1CCOCC1)C(=O)OC(C)(C)C. The maximum atomic E-state index is 12.3. The average Bonchev–Trinajstić information content (AvgIpc) is 2.51. The molecule has 0 aliphatic carbocycles. The lowest BCUT2D eigenvalue weighted by molar-refractivity contribution is -0.176. The van der Waals surface area contributed by atoms with E-state index < -0.39 is 29.7 Å². The van der Waals surface area contributed by atoms with Crippen LogP contribution in [0.5, 0.6) is 0 Å². The van der Waals surface area contributed by atoms with Crippen LogP contribution in [0.3, 0.4) is 0 Å². The van der Waals surface area contributed by atoms with Crippen LogP contribution >= 0.6 is 0 Å². The van der Waals surface area contributed by atoms with Crippen LogP contribution in [-0.2, 0) is 23.8 Å². The molecule has 138 valence electrons. The smallest absolute Gasteiger partial charge is 0.347 e. The molecule has 1 heterocycles. The van der Waals surface area contributed by atoms with Gasteiger partial charge in [0, 0.05) is 20.1 Å². The van der Waals surface area contributed by atoms with Gasteiger partial charge in [0.05, 0.1) is 13.2 Å². The number of ether oxygens (including phenoxy) is 3.